The molecule has 0 spiro atoms. The molecule has 0 saturated heterocycles. The van der Waals surface area contributed by atoms with E-state index in [-0.39, 0.29) is 5.31 Å². The Balaban J connectivity index is 5.01. The number of carboxylic acid groups (broad SMARTS) is 1. The molecule has 0 unspecified atom stereocenters. The fourth-order valence-electron chi connectivity index (χ4n) is 0.217. The highest BCUT2D eigenvalue weighted by atomic mass is 16.4. The van der Waals surface area contributed by atoms with Gasteiger partial charge in [0.05, 0.1) is 1.37 Å². The maximum Gasteiger partial charge on any atom is 0.325 e. The Hall–Kier alpha value is -1.06. The van der Waals surface area contributed by atoms with Crippen molar-refractivity contribution in [2.45, 2.75) is 19.8 Å². The van der Waals surface area contributed by atoms with Gasteiger partial charge in [0.1, 0.15) is 6.02 Å². The highest BCUT2D eigenvalue weighted by Gasteiger charge is 2.09. The first-order valence-corrected chi connectivity index (χ1v) is 2.12. The van der Waals surface area contributed by atoms with Gasteiger partial charge in [0.2, 0.25) is 5.91 Å². The number of carboxylic acids is 1. The Morgan fingerprint density at radius 2 is 2.56 bits per heavy atom. The van der Waals surface area contributed by atoms with Crippen molar-refractivity contribution in [2.75, 3.05) is 0 Å². The molecule has 9 heavy (non-hydrogen) atoms. The number of rotatable bonds is 2. The summed E-state index contributed by atoms with van der Waals surface area (Å²) in [6.45, 7) is -1.26. The van der Waals surface area contributed by atoms with E-state index in [9.17, 15) is 9.59 Å². The molecule has 52 valence electrons. The second-order valence-electron chi connectivity index (χ2n) is 1.32. The number of hydrogen-bond acceptors (Lipinski definition) is 2. The van der Waals surface area contributed by atoms with Gasteiger partial charge in [-0.3, -0.25) is 9.59 Å². The average Bonchev–Trinajstić information content (AvgIpc) is 2.00. The number of hydrogen-bond donors (Lipinski definition) is 2. The normalized spacial score (nSPS) is 22.4. The molecular formula is C5H9NO3. The number of carbonyl (C=O) groups excluding carboxylic acids is 1. The van der Waals surface area contributed by atoms with Crippen molar-refractivity contribution in [2.24, 2.45) is 0 Å². The summed E-state index contributed by atoms with van der Waals surface area (Å²) in [6.07, 6.45) is 0. The Bertz CT molecular complexity index is 234. The van der Waals surface area contributed by atoms with Gasteiger partial charge in [-0.25, -0.2) is 0 Å². The molecule has 0 bridgehead atoms. The van der Waals surface area contributed by atoms with Crippen LogP contribution in [-0.4, -0.2) is 23.0 Å². The minimum absolute atomic E-state index is 0.194. The molecule has 0 aromatic heterocycles. The van der Waals surface area contributed by atoms with Crippen molar-refractivity contribution in [3.8, 4) is 0 Å². The van der Waals surface area contributed by atoms with E-state index in [1.807, 2.05) is 0 Å². The van der Waals surface area contributed by atoms with E-state index in [1.54, 1.807) is 0 Å². The summed E-state index contributed by atoms with van der Waals surface area (Å²) in [5.41, 5.74) is 0. The molecule has 0 aliphatic rings. The summed E-state index contributed by atoms with van der Waals surface area (Å²) in [6, 6.07) is -2.87. The van der Waals surface area contributed by atoms with Crippen molar-refractivity contribution in [1.82, 2.24) is 5.31 Å². The lowest BCUT2D eigenvalue weighted by molar-refractivity contribution is -0.140. The Morgan fingerprint density at radius 1 is 2.00 bits per heavy atom. The summed E-state index contributed by atoms with van der Waals surface area (Å²) in [7, 11) is 0. The molecule has 0 aromatic rings. The molecule has 0 aliphatic carbocycles. The summed E-state index contributed by atoms with van der Waals surface area (Å²) >= 11 is 0. The van der Waals surface area contributed by atoms with Gasteiger partial charge in [-0.1, -0.05) is 0 Å². The summed E-state index contributed by atoms with van der Waals surface area (Å²) in [5.74, 6) is -2.87. The van der Waals surface area contributed by atoms with Gasteiger partial charge in [0.15, 0.2) is 1.41 Å². The molecule has 0 radical (unpaired) electrons. The van der Waals surface area contributed by atoms with E-state index >= 15 is 0 Å². The Kier molecular flexibility index (Phi) is 1.09. The maximum atomic E-state index is 10.6. The van der Waals surface area contributed by atoms with Crippen LogP contribution < -0.4 is 5.31 Å². The molecule has 0 rings (SSSR count). The molecule has 4 nitrogen and oxygen atoms in total. The SMILES string of the molecule is [2H]C([2H])[C@@]([2H])(C(=O)O)N([2H])C(C)=O. The van der Waals surface area contributed by atoms with Crippen molar-refractivity contribution >= 4 is 11.9 Å². The van der Waals surface area contributed by atoms with Crippen LogP contribution in [0.5, 0.6) is 0 Å². The molecule has 4 heteroatoms. The second-order valence-corrected chi connectivity index (χ2v) is 1.32. The van der Waals surface area contributed by atoms with Crippen molar-refractivity contribution in [3.63, 3.8) is 0 Å². The molecule has 0 heterocycles. The number of aliphatic carboxylic acids is 1. The minimum atomic E-state index is -2.87. The van der Waals surface area contributed by atoms with E-state index in [0.29, 0.717) is 0 Å². The van der Waals surface area contributed by atoms with Crippen molar-refractivity contribution in [1.29, 1.82) is 0 Å². The topological polar surface area (TPSA) is 66.4 Å². The third-order valence-electron chi connectivity index (χ3n) is 0.497. The van der Waals surface area contributed by atoms with E-state index in [1.165, 1.54) is 0 Å². The quantitative estimate of drug-likeness (QED) is 0.541. The Morgan fingerprint density at radius 3 is 2.67 bits per heavy atom. The number of carbonyl (C=O) groups is 2. The first-order chi connectivity index (χ1) is 5.74. The van der Waals surface area contributed by atoms with E-state index in [0.717, 1.165) is 6.92 Å². The largest absolute Gasteiger partial charge is 0.480 e. The average molecular weight is 135 g/mol. The van der Waals surface area contributed by atoms with Crippen molar-refractivity contribution < 1.29 is 20.2 Å². The van der Waals surface area contributed by atoms with Gasteiger partial charge in [-0.05, 0) is 6.88 Å². The van der Waals surface area contributed by atoms with Crippen LogP contribution in [0.1, 0.15) is 17.9 Å². The van der Waals surface area contributed by atoms with Crippen LogP contribution in [0.4, 0.5) is 0 Å². The summed E-state index contributed by atoms with van der Waals surface area (Å²) < 4.78 is 27.6. The standard InChI is InChI=1S/C5H9NO3/c1-3(5(8)9)6-4(2)7/h3H,1-2H3,(H,6,7)(H,8,9)/t3-/m0/s1/i1D2,3D/hD. The van der Waals surface area contributed by atoms with Gasteiger partial charge in [-0.2, -0.15) is 0 Å². The lowest BCUT2D eigenvalue weighted by Crippen LogP contribution is -2.36. The molecule has 1 atom stereocenters. The highest BCUT2D eigenvalue weighted by Crippen LogP contribution is 1.78. The van der Waals surface area contributed by atoms with E-state index in [2.05, 4.69) is 0 Å². The zero-order chi connectivity index (χ0) is 10.8. The molecule has 0 aliphatic heterocycles. The van der Waals surface area contributed by atoms with Gasteiger partial charge in [0.25, 0.3) is 0 Å². The number of amides is 1. The zero-order valence-corrected chi connectivity index (χ0v) is 4.79. The first kappa shape index (κ1) is 3.20. The summed E-state index contributed by atoms with van der Waals surface area (Å²) in [5, 5.41) is 8.29. The lowest BCUT2D eigenvalue weighted by Gasteiger charge is -2.04. The minimum Gasteiger partial charge on any atom is -0.480 e. The Labute approximate surface area is 58.5 Å². The monoisotopic (exact) mass is 135 g/mol. The van der Waals surface area contributed by atoms with Crippen LogP contribution in [0.3, 0.4) is 0 Å². The van der Waals surface area contributed by atoms with E-state index < -0.39 is 24.8 Å². The van der Waals surface area contributed by atoms with Gasteiger partial charge >= 0.3 is 5.97 Å². The fraction of sp³-hybridized carbons (Fsp3) is 0.600. The van der Waals surface area contributed by atoms with Crippen LogP contribution in [0.15, 0.2) is 0 Å². The fourth-order valence-corrected chi connectivity index (χ4v) is 0.217. The molecular weight excluding hydrogens is 122 g/mol. The second kappa shape index (κ2) is 3.06. The predicted octanol–water partition coefficient (Wildman–Crippen LogP) is -0.404. The van der Waals surface area contributed by atoms with E-state index in [4.69, 9.17) is 10.6 Å². The van der Waals surface area contributed by atoms with Crippen LogP contribution in [0.25, 0.3) is 0 Å². The molecule has 0 fully saturated rings. The van der Waals surface area contributed by atoms with Gasteiger partial charge in [0, 0.05) is 9.67 Å². The smallest absolute Gasteiger partial charge is 0.325 e. The lowest BCUT2D eigenvalue weighted by atomic mass is 10.3. The predicted molar refractivity (Wildman–Crippen MR) is 30.9 cm³/mol. The molecule has 1 amide bonds. The zero-order valence-electron chi connectivity index (χ0n) is 8.79. The van der Waals surface area contributed by atoms with Crippen LogP contribution in [0, 0.1) is 0 Å². The van der Waals surface area contributed by atoms with Crippen LogP contribution in [0.2, 0.25) is 1.41 Å². The molecule has 0 saturated carbocycles. The van der Waals surface area contributed by atoms with Gasteiger partial charge < -0.3 is 10.4 Å². The van der Waals surface area contributed by atoms with Gasteiger partial charge in [-0.15, -0.1) is 0 Å². The van der Waals surface area contributed by atoms with Crippen LogP contribution in [-0.2, 0) is 9.59 Å². The molecule has 0 aromatic carbocycles. The molecule has 2 N–H and O–H groups in total. The number of nitrogens with one attached hydrogen (secondary N) is 1. The maximum absolute atomic E-state index is 10.6. The third-order valence-corrected chi connectivity index (χ3v) is 0.497. The van der Waals surface area contributed by atoms with Crippen LogP contribution >= 0.6 is 0 Å². The van der Waals surface area contributed by atoms with Crippen molar-refractivity contribution in [3.05, 3.63) is 0 Å². The highest BCUT2D eigenvalue weighted by molar-refractivity contribution is 5.81. The first-order valence-electron chi connectivity index (χ1n) is 4.22. The third kappa shape index (κ3) is 3.52. The summed E-state index contributed by atoms with van der Waals surface area (Å²) in [4.78, 5) is 21.1.